The fraction of sp³-hybridized carbons (Fsp3) is 0.286. The Kier molecular flexibility index (Phi) is 7.00. The predicted molar refractivity (Wildman–Crippen MR) is 139 cm³/mol. The number of allylic oxidation sites excluding steroid dienone is 2. The number of aromatic nitrogens is 1. The number of hydrogen-bond acceptors (Lipinski definition) is 3. The first-order chi connectivity index (χ1) is 15.0. The fourth-order valence-electron chi connectivity index (χ4n) is 3.60. The van der Waals surface area contributed by atoms with Gasteiger partial charge in [0.05, 0.1) is 11.5 Å². The summed E-state index contributed by atoms with van der Waals surface area (Å²) in [5, 5.41) is 16.0. The molecule has 0 bridgehead atoms. The van der Waals surface area contributed by atoms with E-state index in [0.717, 1.165) is 10.9 Å². The van der Waals surface area contributed by atoms with Crippen LogP contribution in [0, 0.1) is 16.9 Å². The molecule has 0 aliphatic carbocycles. The monoisotopic (exact) mass is 636 g/mol. The molecule has 0 saturated heterocycles. The minimum atomic E-state index is -0.306. The van der Waals surface area contributed by atoms with Gasteiger partial charge in [-0.25, -0.2) is 0 Å². The Balaban J connectivity index is 0.000000196. The molecule has 2 heterocycles. The summed E-state index contributed by atoms with van der Waals surface area (Å²) in [6.07, 6.45) is 3.31. The Bertz CT molecular complexity index is 1380. The van der Waals surface area contributed by atoms with Crippen LogP contribution in [-0.2, 0) is 20.1 Å². The third-order valence-electron chi connectivity index (χ3n) is 5.60. The molecule has 0 spiro atoms. The van der Waals surface area contributed by atoms with Gasteiger partial charge in [0.15, 0.2) is 0 Å². The molecule has 1 radical (unpaired) electrons. The number of thiophene rings is 1. The molecule has 0 amide bonds. The third kappa shape index (κ3) is 4.82. The molecule has 0 atom stereocenters. The third-order valence-corrected chi connectivity index (χ3v) is 6.72. The largest absolute Gasteiger partial charge is 0.511 e. The summed E-state index contributed by atoms with van der Waals surface area (Å²) in [7, 11) is 0. The van der Waals surface area contributed by atoms with Gasteiger partial charge in [-0.2, -0.15) is 11.3 Å². The number of hydrogen-bond donors (Lipinski definition) is 1. The Hall–Kier alpha value is -2.33. The van der Waals surface area contributed by atoms with Gasteiger partial charge < -0.3 is 10.1 Å². The topological polar surface area (TPSA) is 54.5 Å². The van der Waals surface area contributed by atoms with Crippen molar-refractivity contribution in [3.05, 3.63) is 66.6 Å². The molecule has 0 fully saturated rings. The Labute approximate surface area is 212 Å². The summed E-state index contributed by atoms with van der Waals surface area (Å²) >= 11 is 1.85. The van der Waals surface area contributed by atoms with E-state index in [1.54, 1.807) is 0 Å². The minimum Gasteiger partial charge on any atom is -0.511 e. The Morgan fingerprint density at radius 3 is 2.27 bits per heavy atom. The van der Waals surface area contributed by atoms with Crippen LogP contribution in [0.2, 0.25) is 0 Å². The van der Waals surface area contributed by atoms with Gasteiger partial charge in [0, 0.05) is 36.4 Å². The van der Waals surface area contributed by atoms with E-state index < -0.39 is 0 Å². The Morgan fingerprint density at radius 2 is 1.61 bits per heavy atom. The first-order valence-corrected chi connectivity index (χ1v) is 11.6. The normalized spacial score (nSPS) is 12.7. The predicted octanol–water partition coefficient (Wildman–Crippen LogP) is 8.06. The van der Waals surface area contributed by atoms with Crippen molar-refractivity contribution in [3.63, 3.8) is 0 Å². The van der Waals surface area contributed by atoms with Crippen molar-refractivity contribution >= 4 is 59.0 Å². The molecule has 0 aliphatic heterocycles. The zero-order valence-corrected chi connectivity index (χ0v) is 23.0. The summed E-state index contributed by atoms with van der Waals surface area (Å²) < 4.78 is 2.68. The summed E-state index contributed by atoms with van der Waals surface area (Å²) in [5.41, 5.74) is 0.449. The summed E-state index contributed by atoms with van der Waals surface area (Å²) in [6, 6.07) is 18.3. The van der Waals surface area contributed by atoms with Crippen molar-refractivity contribution < 1.29 is 30.0 Å². The van der Waals surface area contributed by atoms with Crippen molar-refractivity contribution in [1.82, 2.24) is 4.98 Å². The molecule has 173 valence electrons. The first kappa shape index (κ1) is 25.3. The molecule has 5 heteroatoms. The van der Waals surface area contributed by atoms with E-state index in [2.05, 4.69) is 41.4 Å². The number of ketones is 1. The quantitative estimate of drug-likeness (QED) is 0.0666. The van der Waals surface area contributed by atoms with Crippen LogP contribution in [0.4, 0.5) is 0 Å². The van der Waals surface area contributed by atoms with Crippen LogP contribution in [0.1, 0.15) is 41.5 Å². The zero-order valence-electron chi connectivity index (χ0n) is 19.8. The van der Waals surface area contributed by atoms with Crippen molar-refractivity contribution in [3.8, 4) is 0 Å². The van der Waals surface area contributed by atoms with E-state index in [0.29, 0.717) is 0 Å². The fourth-order valence-corrected chi connectivity index (χ4v) is 4.74. The number of benzene rings is 3. The standard InChI is InChI=1S/C17H8NS.C11H20O2.Ir/c1-4-10-11-6-3-9-18-17(11)12-5-2-8-14-16(12)15(10)13(7-1)19-14;1-10(2,3)8(12)7-9(13)11(4,5)6;/h1-4,6-9H;7,12H,1-6H3;/q-1;;/p+1/b;8-7-;. The van der Waals surface area contributed by atoms with E-state index in [1.165, 1.54) is 37.0 Å². The second kappa shape index (κ2) is 9.13. The molecule has 33 heavy (non-hydrogen) atoms. The molecule has 3 aromatic carbocycles. The number of carbonyl (C=O) groups excluding carboxylic acids is 1. The van der Waals surface area contributed by atoms with E-state index in [-0.39, 0.29) is 42.5 Å². The summed E-state index contributed by atoms with van der Waals surface area (Å²) in [4.78, 5) is 14.2. The maximum atomic E-state index is 9.60. The van der Waals surface area contributed by atoms with E-state index in [1.807, 2.05) is 71.2 Å². The number of aliphatic hydroxyl groups is 1. The van der Waals surface area contributed by atoms with Crippen LogP contribution in [0.15, 0.2) is 60.5 Å². The van der Waals surface area contributed by atoms with Crippen molar-refractivity contribution in [2.24, 2.45) is 10.8 Å². The number of aliphatic hydroxyl groups excluding tert-OH is 1. The average molecular weight is 636 g/mol. The van der Waals surface area contributed by atoms with Crippen LogP contribution >= 0.6 is 11.3 Å². The second-order valence-corrected chi connectivity index (χ2v) is 11.3. The molecular formula is C28H29IrNO2S. The van der Waals surface area contributed by atoms with Crippen LogP contribution < -0.4 is 0 Å². The molecule has 0 aliphatic rings. The van der Waals surface area contributed by atoms with E-state index in [9.17, 15) is 9.90 Å². The average Bonchev–Trinajstić information content (AvgIpc) is 3.12. The van der Waals surface area contributed by atoms with Crippen molar-refractivity contribution in [1.29, 1.82) is 0 Å². The molecule has 5 aromatic rings. The summed E-state index contributed by atoms with van der Waals surface area (Å²) in [5.74, 6) is 0.417. The van der Waals surface area contributed by atoms with Gasteiger partial charge >= 0.3 is 5.78 Å². The number of pyridine rings is 1. The molecule has 0 unspecified atom stereocenters. The van der Waals surface area contributed by atoms with Gasteiger partial charge in [0.25, 0.3) is 0 Å². The van der Waals surface area contributed by atoms with Crippen LogP contribution in [0.25, 0.3) is 41.8 Å². The molecule has 5 rings (SSSR count). The van der Waals surface area contributed by atoms with E-state index >= 15 is 0 Å². The van der Waals surface area contributed by atoms with Crippen molar-refractivity contribution in [2.75, 3.05) is 0 Å². The number of rotatable bonds is 1. The van der Waals surface area contributed by atoms with Crippen molar-refractivity contribution in [2.45, 2.75) is 41.5 Å². The molecule has 0 saturated carbocycles. The second-order valence-electron chi connectivity index (χ2n) is 10.2. The van der Waals surface area contributed by atoms with Gasteiger partial charge in [0.2, 0.25) is 0 Å². The number of nitrogens with zero attached hydrogens (tertiary/aromatic N) is 1. The Morgan fingerprint density at radius 1 is 0.939 bits per heavy atom. The smallest absolute Gasteiger partial charge is 0.325 e. The van der Waals surface area contributed by atoms with Gasteiger partial charge in [-0.05, 0) is 59.3 Å². The first-order valence-electron chi connectivity index (χ1n) is 10.8. The van der Waals surface area contributed by atoms with Crippen LogP contribution in [0.3, 0.4) is 0 Å². The SMILES string of the molecule is CC(C)(C)C(=[OH+])/C=C(\O)C(C)(C)C.[Ir].[c-]1ccc2sc3cccc4c5cccnc5c1c2c34. The molecule has 3 nitrogen and oxygen atoms in total. The van der Waals surface area contributed by atoms with Gasteiger partial charge in [0.1, 0.15) is 5.76 Å². The maximum absolute atomic E-state index is 9.60. The molecule has 2 aromatic heterocycles. The molecule has 2 N–H and O–H groups in total. The maximum Gasteiger partial charge on any atom is 0.325 e. The molecular weight excluding hydrogens is 607 g/mol. The van der Waals surface area contributed by atoms with Gasteiger partial charge in [-0.3, -0.25) is 4.79 Å². The van der Waals surface area contributed by atoms with Gasteiger partial charge in [-0.1, -0.05) is 44.4 Å². The van der Waals surface area contributed by atoms with E-state index in [4.69, 9.17) is 0 Å². The van der Waals surface area contributed by atoms with Gasteiger partial charge in [-0.15, -0.1) is 23.6 Å². The minimum absolute atomic E-state index is 0. The number of fused-ring (bicyclic) bond motifs is 3. The summed E-state index contributed by atoms with van der Waals surface area (Å²) in [6.45, 7) is 11.4. The zero-order chi connectivity index (χ0) is 23.3. The van der Waals surface area contributed by atoms with Crippen LogP contribution in [0.5, 0.6) is 0 Å². The van der Waals surface area contributed by atoms with Crippen LogP contribution in [-0.4, -0.2) is 20.7 Å².